The van der Waals surface area contributed by atoms with Crippen molar-refractivity contribution in [3.63, 3.8) is 0 Å². The summed E-state index contributed by atoms with van der Waals surface area (Å²) in [4.78, 5) is 13.7. The Bertz CT molecular complexity index is 1240. The van der Waals surface area contributed by atoms with E-state index in [1.807, 2.05) is 63.2 Å². The normalized spacial score (nSPS) is 24.8. The number of aryl methyl sites for hydroxylation is 2. The number of Topliss-reactive ketones (excluding diaryl/α,β-unsaturated/α-hetero) is 1. The standard InChI is InChI=1S/C28H25ClO3/c1-16-4-7-19(8-5-16)23-15-28(3)27(31)24(25(30)26(23)32-28)22-14-20(9-6-17(22)2)18-10-12-21(29)13-11-18/h4-14,23,26,31H,15H2,1-3H3/t23-,26-,28-/m1/s1. The van der Waals surface area contributed by atoms with Crippen LogP contribution in [0.2, 0.25) is 5.02 Å². The first-order valence-electron chi connectivity index (χ1n) is 10.9. The predicted molar refractivity (Wildman–Crippen MR) is 128 cm³/mol. The van der Waals surface area contributed by atoms with E-state index in [9.17, 15) is 9.90 Å². The van der Waals surface area contributed by atoms with Crippen LogP contribution in [0.15, 0.2) is 72.5 Å². The second kappa shape index (κ2) is 7.61. The van der Waals surface area contributed by atoms with Crippen LogP contribution < -0.4 is 0 Å². The number of fused-ring (bicyclic) bond motifs is 2. The third kappa shape index (κ3) is 3.37. The van der Waals surface area contributed by atoms with E-state index in [1.165, 1.54) is 5.56 Å². The quantitative estimate of drug-likeness (QED) is 0.482. The van der Waals surface area contributed by atoms with Gasteiger partial charge in [-0.2, -0.15) is 0 Å². The number of ether oxygens (including phenoxy) is 1. The number of aliphatic hydroxyl groups excluding tert-OH is 1. The molecule has 3 nitrogen and oxygen atoms in total. The number of hydrogen-bond donors (Lipinski definition) is 1. The number of rotatable bonds is 3. The molecule has 0 unspecified atom stereocenters. The van der Waals surface area contributed by atoms with Crippen LogP contribution in [0.25, 0.3) is 16.7 Å². The third-order valence-electron chi connectivity index (χ3n) is 6.79. The molecular formula is C28H25ClO3. The van der Waals surface area contributed by atoms with Crippen molar-refractivity contribution in [2.24, 2.45) is 0 Å². The molecule has 0 amide bonds. The van der Waals surface area contributed by atoms with Gasteiger partial charge in [0, 0.05) is 10.9 Å². The van der Waals surface area contributed by atoms with E-state index in [0.717, 1.165) is 27.8 Å². The van der Waals surface area contributed by atoms with Gasteiger partial charge in [-0.1, -0.05) is 65.7 Å². The zero-order chi connectivity index (χ0) is 22.6. The summed E-state index contributed by atoms with van der Waals surface area (Å²) in [5.74, 6) is -0.211. The van der Waals surface area contributed by atoms with Gasteiger partial charge in [0.05, 0.1) is 5.57 Å². The zero-order valence-electron chi connectivity index (χ0n) is 18.4. The van der Waals surface area contributed by atoms with Crippen molar-refractivity contribution >= 4 is 23.0 Å². The minimum Gasteiger partial charge on any atom is -0.508 e. The predicted octanol–water partition coefficient (Wildman–Crippen LogP) is 6.81. The van der Waals surface area contributed by atoms with Gasteiger partial charge in [0.1, 0.15) is 17.5 Å². The number of halogens is 1. The number of aliphatic hydroxyl groups is 1. The largest absolute Gasteiger partial charge is 0.508 e. The fraction of sp³-hybridized carbons (Fsp3) is 0.250. The molecule has 2 heterocycles. The molecule has 0 saturated carbocycles. The van der Waals surface area contributed by atoms with Crippen LogP contribution in [0.3, 0.4) is 0 Å². The van der Waals surface area contributed by atoms with Crippen LogP contribution in [-0.4, -0.2) is 22.6 Å². The second-order valence-corrected chi connectivity index (χ2v) is 9.55. The summed E-state index contributed by atoms with van der Waals surface area (Å²) in [5, 5.41) is 12.0. The number of hydrogen-bond acceptors (Lipinski definition) is 3. The first kappa shape index (κ1) is 21.0. The molecule has 3 aromatic carbocycles. The second-order valence-electron chi connectivity index (χ2n) is 9.12. The minimum absolute atomic E-state index is 0.0321. The Hall–Kier alpha value is -2.88. The lowest BCUT2D eigenvalue weighted by Crippen LogP contribution is -2.38. The molecule has 1 N–H and O–H groups in total. The zero-order valence-corrected chi connectivity index (χ0v) is 19.1. The van der Waals surface area contributed by atoms with Crippen LogP contribution in [0, 0.1) is 13.8 Å². The summed E-state index contributed by atoms with van der Waals surface area (Å²) in [6.07, 6.45) is -0.0373. The molecule has 0 spiro atoms. The molecule has 0 radical (unpaired) electrons. The smallest absolute Gasteiger partial charge is 0.196 e. The topological polar surface area (TPSA) is 46.5 Å². The maximum atomic E-state index is 13.7. The lowest BCUT2D eigenvalue weighted by atomic mass is 9.86. The average molecular weight is 445 g/mol. The van der Waals surface area contributed by atoms with Gasteiger partial charge in [0.2, 0.25) is 0 Å². The Kier molecular flexibility index (Phi) is 4.99. The minimum atomic E-state index is -0.883. The van der Waals surface area contributed by atoms with Crippen molar-refractivity contribution < 1.29 is 14.6 Å². The Morgan fingerprint density at radius 1 is 0.969 bits per heavy atom. The maximum Gasteiger partial charge on any atom is 0.196 e. The summed E-state index contributed by atoms with van der Waals surface area (Å²) in [6.45, 7) is 5.89. The Morgan fingerprint density at radius 3 is 2.31 bits per heavy atom. The highest BCUT2D eigenvalue weighted by Crippen LogP contribution is 2.51. The highest BCUT2D eigenvalue weighted by molar-refractivity contribution is 6.30. The first-order valence-corrected chi connectivity index (χ1v) is 11.2. The summed E-state index contributed by atoms with van der Waals surface area (Å²) < 4.78 is 6.15. The maximum absolute atomic E-state index is 13.7. The molecule has 4 heteroatoms. The molecule has 0 aliphatic carbocycles. The summed E-state index contributed by atoms with van der Waals surface area (Å²) in [5.41, 5.74) is 5.40. The van der Waals surface area contributed by atoms with Crippen LogP contribution in [0.1, 0.15) is 41.5 Å². The molecule has 5 rings (SSSR count). The highest BCUT2D eigenvalue weighted by Gasteiger charge is 2.55. The molecule has 2 aliphatic rings. The number of ketones is 1. The summed E-state index contributed by atoms with van der Waals surface area (Å²) in [6, 6.07) is 21.8. The molecule has 2 aliphatic heterocycles. The average Bonchev–Trinajstić information content (AvgIpc) is 3.11. The number of carbonyl (C=O) groups is 1. The van der Waals surface area contributed by atoms with Crippen molar-refractivity contribution in [2.75, 3.05) is 0 Å². The molecule has 32 heavy (non-hydrogen) atoms. The molecular weight excluding hydrogens is 420 g/mol. The monoisotopic (exact) mass is 444 g/mol. The van der Waals surface area contributed by atoms with Crippen molar-refractivity contribution in [2.45, 2.75) is 44.8 Å². The molecule has 3 atom stereocenters. The van der Waals surface area contributed by atoms with Gasteiger partial charge in [0.15, 0.2) is 5.78 Å². The van der Waals surface area contributed by atoms with E-state index in [4.69, 9.17) is 16.3 Å². The fourth-order valence-corrected chi connectivity index (χ4v) is 5.06. The summed E-state index contributed by atoms with van der Waals surface area (Å²) >= 11 is 6.04. The van der Waals surface area contributed by atoms with Crippen LogP contribution in [-0.2, 0) is 9.53 Å². The third-order valence-corrected chi connectivity index (χ3v) is 7.05. The molecule has 1 fully saturated rings. The highest BCUT2D eigenvalue weighted by atomic mass is 35.5. The van der Waals surface area contributed by atoms with E-state index in [1.54, 1.807) is 0 Å². The molecule has 0 aromatic heterocycles. The molecule has 1 saturated heterocycles. The van der Waals surface area contributed by atoms with E-state index in [0.29, 0.717) is 17.0 Å². The van der Waals surface area contributed by atoms with Gasteiger partial charge in [0.25, 0.3) is 0 Å². The van der Waals surface area contributed by atoms with Gasteiger partial charge in [-0.25, -0.2) is 0 Å². The lowest BCUT2D eigenvalue weighted by molar-refractivity contribution is -0.131. The molecule has 162 valence electrons. The fourth-order valence-electron chi connectivity index (χ4n) is 4.93. The van der Waals surface area contributed by atoms with E-state index < -0.39 is 11.7 Å². The van der Waals surface area contributed by atoms with Gasteiger partial charge < -0.3 is 9.84 Å². The van der Waals surface area contributed by atoms with Crippen LogP contribution in [0.4, 0.5) is 0 Å². The van der Waals surface area contributed by atoms with Gasteiger partial charge in [-0.15, -0.1) is 0 Å². The number of benzene rings is 3. The van der Waals surface area contributed by atoms with Gasteiger partial charge in [-0.3, -0.25) is 4.79 Å². The SMILES string of the molecule is Cc1ccc([C@H]2C[C@@]3(C)O[C@H]2C(=O)C(c2cc(-c4ccc(Cl)cc4)ccc2C)=C3O)cc1. The van der Waals surface area contributed by atoms with Crippen molar-refractivity contribution in [1.82, 2.24) is 0 Å². The van der Waals surface area contributed by atoms with Crippen molar-refractivity contribution in [3.05, 3.63) is 99.8 Å². The van der Waals surface area contributed by atoms with E-state index in [2.05, 4.69) is 24.3 Å². The first-order chi connectivity index (χ1) is 15.3. The molecule has 2 bridgehead atoms. The van der Waals surface area contributed by atoms with Crippen molar-refractivity contribution in [3.8, 4) is 11.1 Å². The van der Waals surface area contributed by atoms with E-state index >= 15 is 0 Å². The van der Waals surface area contributed by atoms with Crippen molar-refractivity contribution in [1.29, 1.82) is 0 Å². The Balaban J connectivity index is 1.59. The van der Waals surface area contributed by atoms with Gasteiger partial charge >= 0.3 is 0 Å². The lowest BCUT2D eigenvalue weighted by Gasteiger charge is -2.31. The number of carbonyl (C=O) groups excluding carboxylic acids is 1. The Labute approximate surface area is 193 Å². The molecule has 3 aromatic rings. The van der Waals surface area contributed by atoms with Crippen LogP contribution in [0.5, 0.6) is 0 Å². The Morgan fingerprint density at radius 2 is 1.62 bits per heavy atom. The van der Waals surface area contributed by atoms with Gasteiger partial charge in [-0.05, 0) is 73.2 Å². The van der Waals surface area contributed by atoms with Crippen LogP contribution >= 0.6 is 11.6 Å². The summed E-state index contributed by atoms with van der Waals surface area (Å²) in [7, 11) is 0. The van der Waals surface area contributed by atoms with E-state index in [-0.39, 0.29) is 17.5 Å².